The van der Waals surface area contributed by atoms with Crippen LogP contribution in [-0.4, -0.2) is 24.4 Å². The summed E-state index contributed by atoms with van der Waals surface area (Å²) in [6.45, 7) is 0.739. The average molecular weight is 168 g/mol. The van der Waals surface area contributed by atoms with Gasteiger partial charge in [0.1, 0.15) is 5.67 Å². The van der Waals surface area contributed by atoms with E-state index in [1.807, 2.05) is 0 Å². The second kappa shape index (κ2) is 2.06. The van der Waals surface area contributed by atoms with Gasteiger partial charge in [0.15, 0.2) is 0 Å². The fourth-order valence-electron chi connectivity index (χ4n) is 1.79. The Kier molecular flexibility index (Phi) is 1.70. The highest BCUT2D eigenvalue weighted by atomic mass is 35.5. The summed E-state index contributed by atoms with van der Waals surface area (Å²) in [6, 6.07) is 0. The monoisotopic (exact) mass is 167 g/mol. The number of hydrogen-bond acceptors (Lipinski definition) is 2. The van der Waals surface area contributed by atoms with Gasteiger partial charge in [0.25, 0.3) is 0 Å². The maximum Gasteiger partial charge on any atom is 0.139 e. The molecule has 2 bridgehead atoms. The van der Waals surface area contributed by atoms with Crippen LogP contribution >= 0.6 is 12.4 Å². The summed E-state index contributed by atoms with van der Waals surface area (Å²) < 4.78 is 18.1. The van der Waals surface area contributed by atoms with E-state index in [1.165, 1.54) is 0 Å². The van der Waals surface area contributed by atoms with Crippen LogP contribution < -0.4 is 5.73 Å². The predicted molar refractivity (Wildman–Crippen MR) is 38.1 cm³/mol. The lowest BCUT2D eigenvalue weighted by atomic mass is 9.72. The van der Waals surface area contributed by atoms with Crippen LogP contribution in [0.15, 0.2) is 0 Å². The minimum absolute atomic E-state index is 0. The topological polar surface area (TPSA) is 35.2 Å². The number of alkyl halides is 1. The quantitative estimate of drug-likeness (QED) is 0.622. The molecule has 1 saturated carbocycles. The number of hydrogen-bond donors (Lipinski definition) is 1. The Morgan fingerprint density at radius 2 is 2.10 bits per heavy atom. The minimum atomic E-state index is -1.00. The third-order valence-corrected chi connectivity index (χ3v) is 2.29. The molecule has 0 unspecified atom stereocenters. The van der Waals surface area contributed by atoms with Gasteiger partial charge in [-0.25, -0.2) is 4.39 Å². The fourth-order valence-corrected chi connectivity index (χ4v) is 1.79. The van der Waals surface area contributed by atoms with Crippen molar-refractivity contribution in [3.8, 4) is 0 Å². The highest BCUT2D eigenvalue weighted by molar-refractivity contribution is 5.85. The molecule has 2 aliphatic heterocycles. The molecule has 0 aromatic rings. The van der Waals surface area contributed by atoms with Gasteiger partial charge in [0.05, 0.1) is 12.2 Å². The third-order valence-electron chi connectivity index (χ3n) is 2.29. The lowest BCUT2D eigenvalue weighted by Gasteiger charge is -2.38. The maximum absolute atomic E-state index is 12.9. The van der Waals surface area contributed by atoms with Gasteiger partial charge in [-0.3, -0.25) is 0 Å². The first-order chi connectivity index (χ1) is 4.18. The van der Waals surface area contributed by atoms with Gasteiger partial charge in [-0.15, -0.1) is 12.4 Å². The van der Waals surface area contributed by atoms with E-state index >= 15 is 0 Å². The van der Waals surface area contributed by atoms with Crippen molar-refractivity contribution in [3.63, 3.8) is 0 Å². The average Bonchev–Trinajstić information content (AvgIpc) is 2.20. The van der Waals surface area contributed by atoms with Gasteiger partial charge in [-0.1, -0.05) is 0 Å². The molecule has 4 heteroatoms. The van der Waals surface area contributed by atoms with E-state index in [2.05, 4.69) is 0 Å². The van der Waals surface area contributed by atoms with Crippen LogP contribution in [0.3, 0.4) is 0 Å². The van der Waals surface area contributed by atoms with Crippen molar-refractivity contribution in [2.24, 2.45) is 5.73 Å². The standard InChI is InChI=1S/C6H10FNO.ClH/c7-5-1-6(2-5,3-8)9-4-5;/h1-4,8H2;1H. The number of nitrogens with two attached hydrogens (primary N) is 1. The number of rotatable bonds is 1. The number of halogens is 2. The van der Waals surface area contributed by atoms with Crippen LogP contribution in [0.1, 0.15) is 12.8 Å². The first-order valence-corrected chi connectivity index (χ1v) is 3.21. The smallest absolute Gasteiger partial charge is 0.139 e. The molecular formula is C6H11ClFNO. The normalized spacial score (nSPS) is 49.8. The van der Waals surface area contributed by atoms with E-state index in [-0.39, 0.29) is 24.6 Å². The van der Waals surface area contributed by atoms with E-state index in [1.54, 1.807) is 0 Å². The zero-order valence-electron chi connectivity index (χ0n) is 5.60. The van der Waals surface area contributed by atoms with Crippen LogP contribution in [-0.2, 0) is 4.74 Å². The van der Waals surface area contributed by atoms with Crippen molar-refractivity contribution in [2.45, 2.75) is 24.1 Å². The molecule has 60 valence electrons. The summed E-state index contributed by atoms with van der Waals surface area (Å²) in [6.07, 6.45) is 1.05. The molecule has 0 atom stereocenters. The molecule has 0 aromatic heterocycles. The fraction of sp³-hybridized carbons (Fsp3) is 1.00. The molecule has 10 heavy (non-hydrogen) atoms. The SMILES string of the molecule is Cl.NCC12CC(F)(CO1)C2. The molecule has 0 aromatic carbocycles. The molecule has 3 fully saturated rings. The Labute approximate surface area is 65.3 Å². The Bertz CT molecular complexity index is 147. The van der Waals surface area contributed by atoms with Crippen molar-refractivity contribution in [2.75, 3.05) is 13.2 Å². The summed E-state index contributed by atoms with van der Waals surface area (Å²) in [5.41, 5.74) is 4.12. The van der Waals surface area contributed by atoms with Gasteiger partial charge in [-0.05, 0) is 0 Å². The van der Waals surface area contributed by atoms with E-state index < -0.39 is 5.67 Å². The molecule has 2 heterocycles. The van der Waals surface area contributed by atoms with Gasteiger partial charge >= 0.3 is 0 Å². The van der Waals surface area contributed by atoms with Crippen LogP contribution in [0.25, 0.3) is 0 Å². The van der Waals surface area contributed by atoms with E-state index in [0.29, 0.717) is 19.4 Å². The summed E-state index contributed by atoms with van der Waals surface area (Å²) in [5.74, 6) is 0. The van der Waals surface area contributed by atoms with Crippen molar-refractivity contribution >= 4 is 12.4 Å². The highest BCUT2D eigenvalue weighted by Gasteiger charge is 2.62. The molecule has 0 radical (unpaired) electrons. The highest BCUT2D eigenvalue weighted by Crippen LogP contribution is 2.53. The second-order valence-electron chi connectivity index (χ2n) is 3.18. The third kappa shape index (κ3) is 0.847. The van der Waals surface area contributed by atoms with Gasteiger partial charge in [0, 0.05) is 19.4 Å². The van der Waals surface area contributed by atoms with Crippen molar-refractivity contribution in [1.29, 1.82) is 0 Å². The number of ether oxygens (including phenoxy) is 1. The van der Waals surface area contributed by atoms with Crippen LogP contribution in [0.2, 0.25) is 0 Å². The van der Waals surface area contributed by atoms with Gasteiger partial charge in [0.2, 0.25) is 0 Å². The van der Waals surface area contributed by atoms with Crippen LogP contribution in [0, 0.1) is 0 Å². The molecule has 1 aliphatic carbocycles. The molecule has 0 amide bonds. The first kappa shape index (κ1) is 8.24. The summed E-state index contributed by atoms with van der Waals surface area (Å²) >= 11 is 0. The van der Waals surface area contributed by atoms with Crippen LogP contribution in [0.5, 0.6) is 0 Å². The number of fused-ring (bicyclic) bond motifs is 1. The molecule has 2 saturated heterocycles. The Hall–Kier alpha value is 0.140. The van der Waals surface area contributed by atoms with Gasteiger partial charge in [-0.2, -0.15) is 0 Å². The Balaban J connectivity index is 0.000000500. The Morgan fingerprint density at radius 3 is 2.30 bits per heavy atom. The van der Waals surface area contributed by atoms with Crippen molar-refractivity contribution in [3.05, 3.63) is 0 Å². The van der Waals surface area contributed by atoms with Gasteiger partial charge < -0.3 is 10.5 Å². The summed E-state index contributed by atoms with van der Waals surface area (Å²) in [5, 5.41) is 0. The second-order valence-corrected chi connectivity index (χ2v) is 3.18. The molecule has 3 aliphatic rings. The molecule has 0 spiro atoms. The predicted octanol–water partition coefficient (Wildman–Crippen LogP) is 0.638. The minimum Gasteiger partial charge on any atom is -0.370 e. The molecule has 2 N–H and O–H groups in total. The Morgan fingerprint density at radius 1 is 1.50 bits per heavy atom. The van der Waals surface area contributed by atoms with E-state index in [4.69, 9.17) is 10.5 Å². The van der Waals surface area contributed by atoms with Crippen molar-refractivity contribution < 1.29 is 9.13 Å². The first-order valence-electron chi connectivity index (χ1n) is 3.21. The molecule has 3 rings (SSSR count). The summed E-state index contributed by atoms with van der Waals surface area (Å²) in [4.78, 5) is 0. The lowest BCUT2D eigenvalue weighted by molar-refractivity contribution is -0.0159. The molecule has 2 nitrogen and oxygen atoms in total. The molecular weight excluding hydrogens is 157 g/mol. The zero-order valence-corrected chi connectivity index (χ0v) is 6.42. The largest absolute Gasteiger partial charge is 0.370 e. The zero-order chi connectivity index (χ0) is 6.54. The van der Waals surface area contributed by atoms with Crippen molar-refractivity contribution in [1.82, 2.24) is 0 Å². The van der Waals surface area contributed by atoms with E-state index in [0.717, 1.165) is 0 Å². The van der Waals surface area contributed by atoms with Crippen LogP contribution in [0.4, 0.5) is 4.39 Å². The van der Waals surface area contributed by atoms with E-state index in [9.17, 15) is 4.39 Å². The maximum atomic E-state index is 12.9. The lowest BCUT2D eigenvalue weighted by Crippen LogP contribution is -2.50. The summed E-state index contributed by atoms with van der Waals surface area (Å²) in [7, 11) is 0.